The average Bonchev–Trinajstić information content (AvgIpc) is 2.82. The summed E-state index contributed by atoms with van der Waals surface area (Å²) in [5.74, 6) is 0. The van der Waals surface area contributed by atoms with Gasteiger partial charge in [0.2, 0.25) is 0 Å². The van der Waals surface area contributed by atoms with Gasteiger partial charge in [-0.25, -0.2) is 0 Å². The Labute approximate surface area is 183 Å². The van der Waals surface area contributed by atoms with E-state index in [0.717, 1.165) is 6.16 Å². The first-order valence-corrected chi connectivity index (χ1v) is 13.9. The standard InChI is InChI=1S/C28H37OP/c1-3-5-6-7-8-18-25-30(29-4-2,26-19-12-9-13-20-26,27-21-14-10-15-22-27)28-23-16-11-17-24-28/h9-17,19-24H,3-8,18,25H2,1-2H3. The molecule has 1 nitrogen and oxygen atoms in total. The van der Waals surface area contributed by atoms with E-state index in [2.05, 4.69) is 105 Å². The van der Waals surface area contributed by atoms with Crippen LogP contribution >= 0.6 is 6.83 Å². The molecule has 30 heavy (non-hydrogen) atoms. The SMILES string of the molecule is CCCCCCCCP(OCC)(c1ccccc1)(c1ccccc1)c1ccccc1. The number of unbranched alkanes of at least 4 members (excludes halogenated alkanes) is 5. The first-order valence-electron chi connectivity index (χ1n) is 11.6. The zero-order valence-electron chi connectivity index (χ0n) is 18.7. The maximum absolute atomic E-state index is 7.13. The quantitative estimate of drug-likeness (QED) is 0.230. The van der Waals surface area contributed by atoms with Crippen molar-refractivity contribution in [2.75, 3.05) is 12.8 Å². The van der Waals surface area contributed by atoms with Crippen molar-refractivity contribution in [1.82, 2.24) is 0 Å². The van der Waals surface area contributed by atoms with Crippen molar-refractivity contribution in [1.29, 1.82) is 0 Å². The summed E-state index contributed by atoms with van der Waals surface area (Å²) < 4.78 is 7.13. The summed E-state index contributed by atoms with van der Waals surface area (Å²) in [5, 5.41) is 4.03. The Morgan fingerprint density at radius 1 is 0.533 bits per heavy atom. The van der Waals surface area contributed by atoms with E-state index < -0.39 is 6.83 Å². The Hall–Kier alpha value is -1.95. The van der Waals surface area contributed by atoms with Gasteiger partial charge in [0.05, 0.1) is 0 Å². The Morgan fingerprint density at radius 2 is 0.933 bits per heavy atom. The molecule has 0 aliphatic carbocycles. The van der Waals surface area contributed by atoms with Crippen LogP contribution in [0.1, 0.15) is 52.4 Å². The summed E-state index contributed by atoms with van der Waals surface area (Å²) >= 11 is 0. The Bertz CT molecular complexity index is 761. The van der Waals surface area contributed by atoms with Gasteiger partial charge in [-0.1, -0.05) is 0 Å². The van der Waals surface area contributed by atoms with Gasteiger partial charge in [-0.3, -0.25) is 0 Å². The second-order valence-electron chi connectivity index (χ2n) is 8.13. The number of hydrogen-bond donors (Lipinski definition) is 0. The summed E-state index contributed by atoms with van der Waals surface area (Å²) in [6.45, 7) is 2.07. The topological polar surface area (TPSA) is 9.23 Å². The molecule has 0 aromatic heterocycles. The molecule has 0 N–H and O–H groups in total. The first kappa shape index (κ1) is 22.7. The van der Waals surface area contributed by atoms with Crippen molar-refractivity contribution in [3.63, 3.8) is 0 Å². The van der Waals surface area contributed by atoms with E-state index in [0.29, 0.717) is 6.61 Å². The molecule has 3 aromatic carbocycles. The molecule has 0 unspecified atom stereocenters. The third kappa shape index (κ3) is 4.39. The predicted molar refractivity (Wildman–Crippen MR) is 135 cm³/mol. The molecular formula is C28H37OP. The van der Waals surface area contributed by atoms with Crippen molar-refractivity contribution < 1.29 is 4.52 Å². The van der Waals surface area contributed by atoms with Gasteiger partial charge in [0, 0.05) is 0 Å². The van der Waals surface area contributed by atoms with E-state index in [9.17, 15) is 0 Å². The minimum atomic E-state index is -3.06. The van der Waals surface area contributed by atoms with Crippen LogP contribution in [0.5, 0.6) is 0 Å². The first-order chi connectivity index (χ1) is 14.8. The fraction of sp³-hybridized carbons (Fsp3) is 0.357. The van der Waals surface area contributed by atoms with Crippen molar-refractivity contribution in [2.45, 2.75) is 52.4 Å². The van der Waals surface area contributed by atoms with Crippen LogP contribution in [0.2, 0.25) is 0 Å². The maximum atomic E-state index is 7.13. The van der Waals surface area contributed by atoms with Crippen LogP contribution in [0, 0.1) is 0 Å². The van der Waals surface area contributed by atoms with Crippen LogP contribution < -0.4 is 15.9 Å². The molecule has 0 saturated carbocycles. The molecule has 0 saturated heterocycles. The van der Waals surface area contributed by atoms with Gasteiger partial charge in [0.25, 0.3) is 0 Å². The van der Waals surface area contributed by atoms with E-state index in [-0.39, 0.29) is 0 Å². The number of benzene rings is 3. The van der Waals surface area contributed by atoms with Crippen molar-refractivity contribution in [3.05, 3.63) is 91.0 Å². The minimum absolute atomic E-state index is 0.701. The van der Waals surface area contributed by atoms with E-state index >= 15 is 0 Å². The third-order valence-electron chi connectivity index (χ3n) is 6.26. The van der Waals surface area contributed by atoms with Crippen LogP contribution in [0.15, 0.2) is 91.0 Å². The van der Waals surface area contributed by atoms with Crippen molar-refractivity contribution in [3.8, 4) is 0 Å². The molecular weight excluding hydrogens is 383 g/mol. The van der Waals surface area contributed by atoms with Crippen LogP contribution in [-0.4, -0.2) is 12.8 Å². The summed E-state index contributed by atoms with van der Waals surface area (Å²) in [7, 11) is 0. The van der Waals surface area contributed by atoms with Crippen molar-refractivity contribution >= 4 is 22.7 Å². The average molecular weight is 421 g/mol. The molecule has 0 fully saturated rings. The normalized spacial score (nSPS) is 12.9. The van der Waals surface area contributed by atoms with Gasteiger partial charge < -0.3 is 0 Å². The van der Waals surface area contributed by atoms with Gasteiger partial charge in [-0.2, -0.15) is 0 Å². The molecule has 0 atom stereocenters. The van der Waals surface area contributed by atoms with Gasteiger partial charge >= 0.3 is 183 Å². The van der Waals surface area contributed by atoms with E-state index in [1.807, 2.05) is 0 Å². The van der Waals surface area contributed by atoms with Crippen LogP contribution in [0.25, 0.3) is 0 Å². The fourth-order valence-electron chi connectivity index (χ4n) is 4.83. The van der Waals surface area contributed by atoms with E-state index in [4.69, 9.17) is 4.52 Å². The third-order valence-corrected chi connectivity index (χ3v) is 12.4. The summed E-state index contributed by atoms with van der Waals surface area (Å²) in [6, 6.07) is 33.1. The second-order valence-corrected chi connectivity index (χ2v) is 12.8. The second kappa shape index (κ2) is 10.9. The van der Waals surface area contributed by atoms with Crippen LogP contribution in [0.3, 0.4) is 0 Å². The molecule has 3 aromatic rings. The zero-order chi connectivity index (χ0) is 21.1. The molecule has 0 radical (unpaired) electrons. The van der Waals surface area contributed by atoms with Crippen molar-refractivity contribution in [2.24, 2.45) is 0 Å². The Morgan fingerprint density at radius 3 is 1.33 bits per heavy atom. The zero-order valence-corrected chi connectivity index (χ0v) is 19.6. The van der Waals surface area contributed by atoms with Gasteiger partial charge in [0.15, 0.2) is 0 Å². The summed E-state index contributed by atoms with van der Waals surface area (Å²) in [4.78, 5) is 0. The molecule has 0 bridgehead atoms. The molecule has 3 rings (SSSR count). The molecule has 0 aliphatic rings. The monoisotopic (exact) mass is 420 g/mol. The number of rotatable bonds is 12. The Balaban J connectivity index is 2.18. The summed E-state index contributed by atoms with van der Waals surface area (Å²) in [6.07, 6.45) is 8.77. The van der Waals surface area contributed by atoms with Crippen LogP contribution in [-0.2, 0) is 4.52 Å². The number of hydrogen-bond acceptors (Lipinski definition) is 1. The molecule has 2 heteroatoms. The predicted octanol–water partition coefficient (Wildman–Crippen LogP) is 6.83. The van der Waals surface area contributed by atoms with Gasteiger partial charge in [-0.15, -0.1) is 0 Å². The van der Waals surface area contributed by atoms with Crippen LogP contribution in [0.4, 0.5) is 0 Å². The summed E-state index contributed by atoms with van der Waals surface area (Å²) in [5.41, 5.74) is 0. The molecule has 0 aliphatic heterocycles. The van der Waals surface area contributed by atoms with Gasteiger partial charge in [-0.05, 0) is 0 Å². The molecule has 0 heterocycles. The molecule has 0 spiro atoms. The molecule has 160 valence electrons. The van der Waals surface area contributed by atoms with E-state index in [1.165, 1.54) is 54.4 Å². The van der Waals surface area contributed by atoms with E-state index in [1.54, 1.807) is 0 Å². The Kier molecular flexibility index (Phi) is 8.25. The van der Waals surface area contributed by atoms with Gasteiger partial charge in [0.1, 0.15) is 0 Å². The fourth-order valence-corrected chi connectivity index (χ4v) is 10.9. The molecule has 0 amide bonds.